The van der Waals surface area contributed by atoms with E-state index < -0.39 is 17.2 Å². The Morgan fingerprint density at radius 3 is 2.59 bits per heavy atom. The predicted octanol–water partition coefficient (Wildman–Crippen LogP) is 3.32. The van der Waals surface area contributed by atoms with Crippen molar-refractivity contribution in [2.75, 3.05) is 5.73 Å². The van der Waals surface area contributed by atoms with E-state index >= 15 is 0 Å². The molecule has 0 amide bonds. The van der Waals surface area contributed by atoms with Gasteiger partial charge in [0.25, 0.3) is 5.56 Å². The number of aromatic nitrogens is 4. The molecule has 2 N–H and O–H groups in total. The van der Waals surface area contributed by atoms with Crippen LogP contribution in [0, 0.1) is 25.5 Å². The van der Waals surface area contributed by atoms with Crippen LogP contribution in [0.2, 0.25) is 0 Å². The minimum absolute atomic E-state index is 0. The molecule has 0 spiro atoms. The van der Waals surface area contributed by atoms with Gasteiger partial charge in [0.15, 0.2) is 0 Å². The summed E-state index contributed by atoms with van der Waals surface area (Å²) in [7, 11) is 0. The molecule has 0 aliphatic heterocycles. The van der Waals surface area contributed by atoms with Crippen LogP contribution < -0.4 is 16.0 Å². The molecule has 154 valence electrons. The summed E-state index contributed by atoms with van der Waals surface area (Å²) in [5.74, 6) is -0.240. The first-order chi connectivity index (χ1) is 13.3. The maximum absolute atomic E-state index is 13.7. The third kappa shape index (κ3) is 5.07. The molecule has 0 fully saturated rings. The minimum atomic E-state index is -0.740. The van der Waals surface area contributed by atoms with E-state index in [0.29, 0.717) is 17.2 Å². The van der Waals surface area contributed by atoms with E-state index in [0.717, 1.165) is 12.1 Å². The topological polar surface area (TPSA) is 95.9 Å². The molecule has 3 rings (SSSR count). The molecule has 0 aliphatic rings. The molecule has 0 saturated carbocycles. The fourth-order valence-electron chi connectivity index (χ4n) is 2.48. The van der Waals surface area contributed by atoms with E-state index in [9.17, 15) is 13.6 Å². The first-order valence-electron chi connectivity index (χ1n) is 8.18. The van der Waals surface area contributed by atoms with Crippen molar-refractivity contribution in [1.29, 1.82) is 0 Å². The van der Waals surface area contributed by atoms with Crippen LogP contribution >= 0.6 is 28.3 Å². The second kappa shape index (κ2) is 9.27. The Labute approximate surface area is 179 Å². The number of nitrogens with two attached hydrogens (primary N) is 1. The van der Waals surface area contributed by atoms with Crippen molar-refractivity contribution < 1.29 is 13.5 Å². The van der Waals surface area contributed by atoms with E-state index in [1.54, 1.807) is 20.0 Å². The largest absolute Gasteiger partial charge is 0.472 e. The zero-order chi connectivity index (χ0) is 20.4. The minimum Gasteiger partial charge on any atom is -0.472 e. The van der Waals surface area contributed by atoms with Gasteiger partial charge in [0.05, 0.1) is 6.54 Å². The van der Waals surface area contributed by atoms with E-state index in [2.05, 4.69) is 30.9 Å². The molecular formula is C18H17BrClF2N5O2. The van der Waals surface area contributed by atoms with Crippen LogP contribution in [0.1, 0.15) is 22.8 Å². The summed E-state index contributed by atoms with van der Waals surface area (Å²) < 4.78 is 33.7. The Balaban J connectivity index is 0.00000300. The Bertz CT molecular complexity index is 1110. The lowest BCUT2D eigenvalue weighted by atomic mass is 10.2. The fourth-order valence-corrected chi connectivity index (χ4v) is 2.90. The molecule has 2 aromatic heterocycles. The Kier molecular flexibility index (Phi) is 7.26. The summed E-state index contributed by atoms with van der Waals surface area (Å²) >= 11 is 3.18. The maximum atomic E-state index is 13.7. The third-order valence-electron chi connectivity index (χ3n) is 4.00. The van der Waals surface area contributed by atoms with Crippen LogP contribution in [-0.4, -0.2) is 19.5 Å². The zero-order valence-electron chi connectivity index (χ0n) is 15.4. The third-order valence-corrected chi connectivity index (χ3v) is 4.68. The van der Waals surface area contributed by atoms with Gasteiger partial charge in [0, 0.05) is 23.4 Å². The van der Waals surface area contributed by atoms with Crippen LogP contribution in [-0.2, 0) is 13.2 Å². The normalized spacial score (nSPS) is 10.5. The van der Waals surface area contributed by atoms with Gasteiger partial charge in [-0.1, -0.05) is 0 Å². The highest BCUT2D eigenvalue weighted by Gasteiger charge is 2.16. The second-order valence-corrected chi connectivity index (χ2v) is 6.81. The van der Waals surface area contributed by atoms with Crippen molar-refractivity contribution in [1.82, 2.24) is 19.5 Å². The summed E-state index contributed by atoms with van der Waals surface area (Å²) in [6.45, 7) is 3.27. The number of rotatable bonds is 5. The highest BCUT2D eigenvalue weighted by Crippen LogP contribution is 2.21. The number of halogens is 4. The molecule has 0 saturated heterocycles. The molecule has 0 unspecified atom stereocenters. The van der Waals surface area contributed by atoms with E-state index in [1.165, 1.54) is 10.6 Å². The van der Waals surface area contributed by atoms with Gasteiger partial charge in [-0.25, -0.2) is 18.7 Å². The van der Waals surface area contributed by atoms with Crippen molar-refractivity contribution in [3.05, 3.63) is 73.6 Å². The number of nitrogen functional groups attached to an aromatic ring is 1. The summed E-state index contributed by atoms with van der Waals surface area (Å²) in [6, 6.07) is 3.16. The molecule has 29 heavy (non-hydrogen) atoms. The Morgan fingerprint density at radius 1 is 1.21 bits per heavy atom. The molecule has 11 heteroatoms. The van der Waals surface area contributed by atoms with Gasteiger partial charge in [-0.15, -0.1) is 12.4 Å². The average molecular weight is 489 g/mol. The molecule has 0 aliphatic carbocycles. The lowest BCUT2D eigenvalue weighted by molar-refractivity contribution is 0.282. The van der Waals surface area contributed by atoms with E-state index in [-0.39, 0.29) is 47.3 Å². The monoisotopic (exact) mass is 487 g/mol. The molecule has 7 nitrogen and oxygen atoms in total. The van der Waals surface area contributed by atoms with Crippen molar-refractivity contribution in [2.24, 2.45) is 0 Å². The van der Waals surface area contributed by atoms with Crippen LogP contribution in [0.25, 0.3) is 0 Å². The number of benzene rings is 1. The highest BCUT2D eigenvalue weighted by atomic mass is 79.9. The second-order valence-electron chi connectivity index (χ2n) is 6.02. The fraction of sp³-hybridized carbons (Fsp3) is 0.222. The zero-order valence-corrected chi connectivity index (χ0v) is 17.9. The number of anilines is 1. The number of ether oxygens (including phenoxy) is 1. The Hall–Kier alpha value is -2.59. The first kappa shape index (κ1) is 22.7. The summed E-state index contributed by atoms with van der Waals surface area (Å²) in [6.07, 6.45) is 1.55. The van der Waals surface area contributed by atoms with Gasteiger partial charge < -0.3 is 10.5 Å². The maximum Gasteiger partial charge on any atom is 0.272 e. The number of aryl methyl sites for hydroxylation is 2. The predicted molar refractivity (Wildman–Crippen MR) is 109 cm³/mol. The molecule has 0 radical (unpaired) electrons. The van der Waals surface area contributed by atoms with E-state index in [4.69, 9.17) is 10.5 Å². The Morgan fingerprint density at radius 2 is 1.93 bits per heavy atom. The van der Waals surface area contributed by atoms with Gasteiger partial charge in [-0.3, -0.25) is 9.36 Å². The average Bonchev–Trinajstić information content (AvgIpc) is 2.63. The summed E-state index contributed by atoms with van der Waals surface area (Å²) in [5, 5.41) is 0. The molecule has 1 aromatic carbocycles. The van der Waals surface area contributed by atoms with Gasteiger partial charge in [-0.2, -0.15) is 4.98 Å². The van der Waals surface area contributed by atoms with Crippen molar-refractivity contribution in [3.8, 4) is 5.88 Å². The molecule has 0 atom stereocenters. The van der Waals surface area contributed by atoms with Gasteiger partial charge >= 0.3 is 0 Å². The first-order valence-corrected chi connectivity index (χ1v) is 8.97. The van der Waals surface area contributed by atoms with Gasteiger partial charge in [0.1, 0.15) is 40.2 Å². The van der Waals surface area contributed by atoms with Crippen molar-refractivity contribution in [2.45, 2.75) is 27.0 Å². The molecule has 0 bridgehead atoms. The highest BCUT2D eigenvalue weighted by molar-refractivity contribution is 9.10. The van der Waals surface area contributed by atoms with E-state index in [1.807, 2.05) is 0 Å². The summed E-state index contributed by atoms with van der Waals surface area (Å²) in [5.41, 5.74) is 6.20. The number of hydrogen-bond donors (Lipinski definition) is 1. The van der Waals surface area contributed by atoms with Crippen LogP contribution in [0.15, 0.2) is 33.7 Å². The number of hydrogen-bond acceptors (Lipinski definition) is 6. The van der Waals surface area contributed by atoms with Crippen LogP contribution in [0.4, 0.5) is 14.6 Å². The van der Waals surface area contributed by atoms with Crippen molar-refractivity contribution in [3.63, 3.8) is 0 Å². The quantitative estimate of drug-likeness (QED) is 0.592. The smallest absolute Gasteiger partial charge is 0.272 e. The molecule has 2 heterocycles. The van der Waals surface area contributed by atoms with Gasteiger partial charge in [0.2, 0.25) is 5.88 Å². The van der Waals surface area contributed by atoms with Gasteiger partial charge in [-0.05, 0) is 41.9 Å². The lowest BCUT2D eigenvalue weighted by Gasteiger charge is -2.14. The van der Waals surface area contributed by atoms with Crippen LogP contribution in [0.5, 0.6) is 5.88 Å². The van der Waals surface area contributed by atoms with Crippen LogP contribution in [0.3, 0.4) is 0 Å². The lowest BCUT2D eigenvalue weighted by Crippen LogP contribution is -2.26. The SMILES string of the molecule is Cc1ncc(Cn2c(C)nc(OCc3ccc(F)cc3F)c(Br)c2=O)c(N)n1.Cl. The molecular weight excluding hydrogens is 472 g/mol. The molecule has 3 aromatic rings. The standard InChI is InChI=1S/C18H16BrF2N5O2.ClH/c1-9-23-6-12(16(22)24-9)7-26-10(2)25-17(15(19)18(26)27)28-8-11-3-4-13(20)5-14(11)21;/h3-6H,7-8H2,1-2H3,(H2,22,23,24);1H. The summed E-state index contributed by atoms with van der Waals surface area (Å²) in [4.78, 5) is 25.1. The number of nitrogens with zero attached hydrogens (tertiary/aromatic N) is 4. The van der Waals surface area contributed by atoms with Crippen molar-refractivity contribution >= 4 is 34.2 Å².